The number of nitriles is 1. The van der Waals surface area contributed by atoms with E-state index in [1.54, 1.807) is 0 Å². The number of benzene rings is 1. The molecule has 0 amide bonds. The van der Waals surface area contributed by atoms with Gasteiger partial charge in [0.25, 0.3) is 0 Å². The number of aromatic carboxylic acids is 1. The van der Waals surface area contributed by atoms with E-state index in [1.165, 1.54) is 36.1 Å². The molecule has 0 spiro atoms. The van der Waals surface area contributed by atoms with Crippen LogP contribution in [0.2, 0.25) is 0 Å². The molecule has 0 aliphatic rings. The van der Waals surface area contributed by atoms with Gasteiger partial charge in [-0.05, 0) is 12.1 Å². The zero-order valence-corrected chi connectivity index (χ0v) is 12.4. The van der Waals surface area contributed by atoms with Gasteiger partial charge in [-0.3, -0.25) is 0 Å². The Balaban J connectivity index is 2.83. The fourth-order valence-corrected chi connectivity index (χ4v) is 2.12. The topological polar surface area (TPSA) is 128 Å². The summed E-state index contributed by atoms with van der Waals surface area (Å²) in [4.78, 5) is 23.4. The number of carbonyl (C=O) groups is 2. The van der Waals surface area contributed by atoms with Crippen molar-refractivity contribution in [3.8, 4) is 17.5 Å². The second-order valence-electron chi connectivity index (χ2n) is 4.47. The van der Waals surface area contributed by atoms with Gasteiger partial charge in [0.05, 0.1) is 36.7 Å². The Morgan fingerprint density at radius 2 is 2.04 bits per heavy atom. The van der Waals surface area contributed by atoms with E-state index >= 15 is 0 Å². The summed E-state index contributed by atoms with van der Waals surface area (Å²) in [7, 11) is 2.58. The molecule has 2 rings (SSSR count). The van der Waals surface area contributed by atoms with Gasteiger partial charge in [-0.25, -0.2) is 9.59 Å². The number of esters is 1. The molecule has 23 heavy (non-hydrogen) atoms. The second-order valence-corrected chi connectivity index (χ2v) is 4.47. The summed E-state index contributed by atoms with van der Waals surface area (Å²) in [6, 6.07) is 6.09. The molecular weight excluding hydrogens is 302 g/mol. The van der Waals surface area contributed by atoms with E-state index in [1.807, 2.05) is 6.07 Å². The van der Waals surface area contributed by atoms with Crippen LogP contribution in [0.25, 0.3) is 5.69 Å². The van der Waals surface area contributed by atoms with E-state index in [9.17, 15) is 14.7 Å². The molecule has 1 aromatic carbocycles. The molecule has 0 bridgehead atoms. The number of rotatable bonds is 4. The van der Waals surface area contributed by atoms with Crippen molar-refractivity contribution in [2.75, 3.05) is 20.0 Å². The van der Waals surface area contributed by atoms with Gasteiger partial charge in [0.2, 0.25) is 0 Å². The first-order valence-electron chi connectivity index (χ1n) is 6.35. The Hall–Kier alpha value is -3.47. The van der Waals surface area contributed by atoms with Crippen molar-refractivity contribution in [3.63, 3.8) is 0 Å². The van der Waals surface area contributed by atoms with Crippen LogP contribution in [0.1, 0.15) is 26.4 Å². The number of nitrogens with zero attached hydrogens (tertiary/aromatic N) is 2. The fraction of sp³-hybridized carbons (Fsp3) is 0.133. The standard InChI is InChI=1S/C15H13N3O5/c1-22-9-3-4-10(14(19)20)11(5-9)18-7-8(6-16)12(17)13(18)15(21)23-2/h3-5,7H,17H2,1-2H3,(H,19,20). The molecule has 1 aromatic heterocycles. The Kier molecular flexibility index (Phi) is 4.23. The number of anilines is 1. The number of ether oxygens (including phenoxy) is 2. The summed E-state index contributed by atoms with van der Waals surface area (Å²) < 4.78 is 11.0. The number of methoxy groups -OCH3 is 2. The maximum absolute atomic E-state index is 12.0. The van der Waals surface area contributed by atoms with E-state index < -0.39 is 11.9 Å². The molecule has 0 fully saturated rings. The summed E-state index contributed by atoms with van der Waals surface area (Å²) in [6.07, 6.45) is 1.28. The monoisotopic (exact) mass is 315 g/mol. The zero-order valence-electron chi connectivity index (χ0n) is 12.4. The molecule has 118 valence electrons. The molecule has 8 nitrogen and oxygen atoms in total. The van der Waals surface area contributed by atoms with Gasteiger partial charge in [-0.2, -0.15) is 5.26 Å². The summed E-state index contributed by atoms with van der Waals surface area (Å²) >= 11 is 0. The summed E-state index contributed by atoms with van der Waals surface area (Å²) in [6.45, 7) is 0. The molecular formula is C15H13N3O5. The molecule has 0 aliphatic heterocycles. The minimum Gasteiger partial charge on any atom is -0.497 e. The average molecular weight is 315 g/mol. The van der Waals surface area contributed by atoms with Crippen molar-refractivity contribution >= 4 is 17.6 Å². The normalized spacial score (nSPS) is 9.96. The van der Waals surface area contributed by atoms with Gasteiger partial charge in [0.15, 0.2) is 5.69 Å². The lowest BCUT2D eigenvalue weighted by atomic mass is 10.1. The molecule has 0 saturated heterocycles. The van der Waals surface area contributed by atoms with Crippen molar-refractivity contribution in [2.24, 2.45) is 0 Å². The quantitative estimate of drug-likeness (QED) is 0.816. The number of hydrogen-bond acceptors (Lipinski definition) is 6. The third kappa shape index (κ3) is 2.67. The third-order valence-corrected chi connectivity index (χ3v) is 3.24. The summed E-state index contributed by atoms with van der Waals surface area (Å²) in [5, 5.41) is 18.4. The molecule has 1 heterocycles. The van der Waals surface area contributed by atoms with Crippen LogP contribution in [-0.2, 0) is 4.74 Å². The maximum Gasteiger partial charge on any atom is 0.357 e. The van der Waals surface area contributed by atoms with Crippen LogP contribution in [0.4, 0.5) is 5.69 Å². The van der Waals surface area contributed by atoms with E-state index in [-0.39, 0.29) is 28.2 Å². The number of aromatic nitrogens is 1. The second kappa shape index (κ2) is 6.11. The van der Waals surface area contributed by atoms with Gasteiger partial charge >= 0.3 is 11.9 Å². The number of hydrogen-bond donors (Lipinski definition) is 2. The van der Waals surface area contributed by atoms with E-state index in [0.717, 1.165) is 7.11 Å². The SMILES string of the molecule is COC(=O)c1c(N)c(C#N)cn1-c1cc(OC)ccc1C(=O)O. The lowest BCUT2D eigenvalue weighted by molar-refractivity contribution is 0.0590. The molecule has 0 aliphatic carbocycles. The summed E-state index contributed by atoms with van der Waals surface area (Å²) in [5.41, 5.74) is 5.67. The third-order valence-electron chi connectivity index (χ3n) is 3.24. The van der Waals surface area contributed by atoms with E-state index in [0.29, 0.717) is 5.75 Å². The number of carboxylic acid groups (broad SMARTS) is 1. The van der Waals surface area contributed by atoms with Crippen LogP contribution < -0.4 is 10.5 Å². The minimum absolute atomic E-state index is 0.0320. The fourth-order valence-electron chi connectivity index (χ4n) is 2.12. The number of carbonyl (C=O) groups excluding carboxylic acids is 1. The number of nitrogen functional groups attached to an aromatic ring is 1. The highest BCUT2D eigenvalue weighted by Crippen LogP contribution is 2.29. The van der Waals surface area contributed by atoms with Gasteiger partial charge < -0.3 is 24.9 Å². The predicted molar refractivity (Wildman–Crippen MR) is 79.7 cm³/mol. The Labute approximate surface area is 131 Å². The molecule has 8 heteroatoms. The van der Waals surface area contributed by atoms with Crippen LogP contribution in [-0.4, -0.2) is 35.8 Å². The highest BCUT2D eigenvalue weighted by molar-refractivity contribution is 5.98. The zero-order chi connectivity index (χ0) is 17.1. The lowest BCUT2D eigenvalue weighted by Gasteiger charge is -2.12. The maximum atomic E-state index is 12.0. The first kappa shape index (κ1) is 15.9. The molecule has 3 N–H and O–H groups in total. The smallest absolute Gasteiger partial charge is 0.357 e. The van der Waals surface area contributed by atoms with Crippen LogP contribution >= 0.6 is 0 Å². The molecule has 0 unspecified atom stereocenters. The van der Waals surface area contributed by atoms with Crippen LogP contribution in [0.3, 0.4) is 0 Å². The number of nitrogens with two attached hydrogens (primary N) is 1. The largest absolute Gasteiger partial charge is 0.497 e. The summed E-state index contributed by atoms with van der Waals surface area (Å²) in [5.74, 6) is -1.61. The average Bonchev–Trinajstić information content (AvgIpc) is 2.89. The molecule has 0 saturated carbocycles. The van der Waals surface area contributed by atoms with Gasteiger partial charge in [-0.15, -0.1) is 0 Å². The predicted octanol–water partition coefficient (Wildman–Crippen LogP) is 1.42. The first-order valence-corrected chi connectivity index (χ1v) is 6.35. The Morgan fingerprint density at radius 1 is 1.35 bits per heavy atom. The highest BCUT2D eigenvalue weighted by Gasteiger charge is 2.24. The van der Waals surface area contributed by atoms with Gasteiger partial charge in [0, 0.05) is 12.3 Å². The Bertz CT molecular complexity index is 832. The van der Waals surface area contributed by atoms with Crippen molar-refractivity contribution in [3.05, 3.63) is 41.2 Å². The molecule has 2 aromatic rings. The van der Waals surface area contributed by atoms with Crippen LogP contribution in [0.5, 0.6) is 5.75 Å². The van der Waals surface area contributed by atoms with Gasteiger partial charge in [-0.1, -0.05) is 0 Å². The first-order chi connectivity index (χ1) is 10.9. The lowest BCUT2D eigenvalue weighted by Crippen LogP contribution is -2.13. The minimum atomic E-state index is -1.20. The van der Waals surface area contributed by atoms with Crippen molar-refractivity contribution in [1.82, 2.24) is 4.57 Å². The van der Waals surface area contributed by atoms with Crippen molar-refractivity contribution in [1.29, 1.82) is 5.26 Å². The van der Waals surface area contributed by atoms with Crippen LogP contribution in [0, 0.1) is 11.3 Å². The molecule has 0 radical (unpaired) electrons. The van der Waals surface area contributed by atoms with E-state index in [2.05, 4.69) is 4.74 Å². The van der Waals surface area contributed by atoms with E-state index in [4.69, 9.17) is 15.7 Å². The van der Waals surface area contributed by atoms with Crippen LogP contribution in [0.15, 0.2) is 24.4 Å². The van der Waals surface area contributed by atoms with Gasteiger partial charge in [0.1, 0.15) is 11.8 Å². The number of carboxylic acids is 1. The van der Waals surface area contributed by atoms with Crippen molar-refractivity contribution < 1.29 is 24.2 Å². The molecule has 0 atom stereocenters. The Morgan fingerprint density at radius 3 is 2.57 bits per heavy atom. The van der Waals surface area contributed by atoms with Crippen molar-refractivity contribution in [2.45, 2.75) is 0 Å². The highest BCUT2D eigenvalue weighted by atomic mass is 16.5.